The number of nitrogens with one attached hydrogen (secondary N) is 1. The molecule has 2 fully saturated rings. The molecule has 1 saturated heterocycles. The molecule has 0 spiro atoms. The Morgan fingerprint density at radius 3 is 2.79 bits per heavy atom. The first-order valence-corrected chi connectivity index (χ1v) is 6.85. The van der Waals surface area contributed by atoms with Crippen LogP contribution in [-0.4, -0.2) is 34.9 Å². The second-order valence-electron chi connectivity index (χ2n) is 5.36. The first kappa shape index (κ1) is 12.4. The number of rotatable bonds is 4. The Morgan fingerprint density at radius 2 is 2.26 bits per heavy atom. The second kappa shape index (κ2) is 5.13. The van der Waals surface area contributed by atoms with Crippen molar-refractivity contribution in [2.24, 2.45) is 0 Å². The molecule has 1 amide bonds. The van der Waals surface area contributed by atoms with Crippen molar-refractivity contribution in [2.75, 3.05) is 13.1 Å². The maximum atomic E-state index is 12.6. The number of pyridine rings is 1. The van der Waals surface area contributed by atoms with Crippen LogP contribution in [0, 0.1) is 0 Å². The first-order chi connectivity index (χ1) is 9.25. The third-order valence-corrected chi connectivity index (χ3v) is 3.85. The molecule has 0 unspecified atom stereocenters. The van der Waals surface area contributed by atoms with Gasteiger partial charge in [0.2, 0.25) is 5.91 Å². The van der Waals surface area contributed by atoms with E-state index in [-0.39, 0.29) is 5.91 Å². The molecule has 0 radical (unpaired) electrons. The molecule has 4 nitrogen and oxygen atoms in total. The van der Waals surface area contributed by atoms with Gasteiger partial charge in [0.25, 0.3) is 0 Å². The maximum Gasteiger partial charge on any atom is 0.250 e. The fourth-order valence-corrected chi connectivity index (χ4v) is 2.32. The maximum absolute atomic E-state index is 12.6. The molecule has 0 atom stereocenters. The number of amides is 1. The van der Waals surface area contributed by atoms with Crippen molar-refractivity contribution in [1.29, 1.82) is 0 Å². The second-order valence-corrected chi connectivity index (χ2v) is 5.36. The Morgan fingerprint density at radius 1 is 1.47 bits per heavy atom. The number of hydrogen-bond donors (Lipinski definition) is 1. The van der Waals surface area contributed by atoms with E-state index >= 15 is 0 Å². The lowest BCUT2D eigenvalue weighted by Gasteiger charge is -2.27. The van der Waals surface area contributed by atoms with Gasteiger partial charge in [0, 0.05) is 43.6 Å². The summed E-state index contributed by atoms with van der Waals surface area (Å²) in [6.07, 6.45) is 5.87. The van der Waals surface area contributed by atoms with Crippen molar-refractivity contribution >= 4 is 5.91 Å². The van der Waals surface area contributed by atoms with Crippen LogP contribution in [0.4, 0.5) is 0 Å². The van der Waals surface area contributed by atoms with Gasteiger partial charge in [0.1, 0.15) is 0 Å². The van der Waals surface area contributed by atoms with Gasteiger partial charge in [-0.2, -0.15) is 0 Å². The number of aromatic nitrogens is 1. The lowest BCUT2D eigenvalue weighted by Crippen LogP contribution is -2.39. The van der Waals surface area contributed by atoms with Gasteiger partial charge in [-0.15, -0.1) is 0 Å². The van der Waals surface area contributed by atoms with E-state index in [1.165, 1.54) is 5.57 Å². The lowest BCUT2D eigenvalue weighted by atomic mass is 10.0. The van der Waals surface area contributed by atoms with Crippen LogP contribution in [0.15, 0.2) is 35.7 Å². The van der Waals surface area contributed by atoms with E-state index in [0.29, 0.717) is 12.6 Å². The highest BCUT2D eigenvalue weighted by Crippen LogP contribution is 2.30. The van der Waals surface area contributed by atoms with Gasteiger partial charge in [-0.3, -0.25) is 9.78 Å². The van der Waals surface area contributed by atoms with E-state index in [1.54, 1.807) is 6.20 Å². The number of carbonyl (C=O) groups is 1. The Kier molecular flexibility index (Phi) is 3.34. The third-order valence-electron chi connectivity index (χ3n) is 3.85. The van der Waals surface area contributed by atoms with Crippen LogP contribution in [0.25, 0.3) is 0 Å². The van der Waals surface area contributed by atoms with Crippen molar-refractivity contribution in [3.8, 4) is 0 Å². The number of carbonyl (C=O) groups excluding carboxylic acids is 1. The summed E-state index contributed by atoms with van der Waals surface area (Å²) in [5, 5.41) is 3.19. The van der Waals surface area contributed by atoms with Gasteiger partial charge in [-0.25, -0.2) is 0 Å². The standard InChI is InChI=1S/C15H19N3O/c1-11(13-8-17-9-13)15(19)18(14-4-5-14)10-12-3-2-6-16-7-12/h2-3,6-7,14,17H,4-5,8-10H2,1H3. The monoisotopic (exact) mass is 257 g/mol. The average molecular weight is 257 g/mol. The highest BCUT2D eigenvalue weighted by Gasteiger charge is 2.34. The topological polar surface area (TPSA) is 45.2 Å². The molecule has 1 saturated carbocycles. The molecule has 1 aliphatic heterocycles. The largest absolute Gasteiger partial charge is 0.332 e. The van der Waals surface area contributed by atoms with E-state index in [9.17, 15) is 4.79 Å². The summed E-state index contributed by atoms with van der Waals surface area (Å²) < 4.78 is 0. The Bertz CT molecular complexity index is 499. The van der Waals surface area contributed by atoms with Crippen LogP contribution in [0.2, 0.25) is 0 Å². The van der Waals surface area contributed by atoms with Crippen molar-refractivity contribution in [3.63, 3.8) is 0 Å². The molecule has 2 heterocycles. The highest BCUT2D eigenvalue weighted by molar-refractivity contribution is 5.94. The SMILES string of the molecule is CC(C(=O)N(Cc1cccnc1)C1CC1)=C1CNC1. The van der Waals surface area contributed by atoms with Crippen LogP contribution < -0.4 is 5.32 Å². The zero-order valence-electron chi connectivity index (χ0n) is 11.2. The number of nitrogens with zero attached hydrogens (tertiary/aromatic N) is 2. The molecule has 100 valence electrons. The Hall–Kier alpha value is -1.68. The van der Waals surface area contributed by atoms with E-state index in [0.717, 1.165) is 37.1 Å². The summed E-state index contributed by atoms with van der Waals surface area (Å²) in [5.74, 6) is 0.197. The van der Waals surface area contributed by atoms with Gasteiger partial charge < -0.3 is 10.2 Å². The van der Waals surface area contributed by atoms with Crippen LogP contribution in [0.1, 0.15) is 25.3 Å². The lowest BCUT2D eigenvalue weighted by molar-refractivity contribution is -0.128. The zero-order valence-corrected chi connectivity index (χ0v) is 11.2. The highest BCUT2D eigenvalue weighted by atomic mass is 16.2. The normalized spacial score (nSPS) is 17.8. The zero-order chi connectivity index (χ0) is 13.2. The minimum absolute atomic E-state index is 0.197. The summed E-state index contributed by atoms with van der Waals surface area (Å²) in [6.45, 7) is 4.36. The van der Waals surface area contributed by atoms with Crippen molar-refractivity contribution in [3.05, 3.63) is 41.2 Å². The van der Waals surface area contributed by atoms with Crippen molar-refractivity contribution < 1.29 is 4.79 Å². The fraction of sp³-hybridized carbons (Fsp3) is 0.467. The third kappa shape index (κ3) is 2.68. The molecule has 1 aliphatic carbocycles. The molecule has 19 heavy (non-hydrogen) atoms. The molecule has 1 N–H and O–H groups in total. The fourth-order valence-electron chi connectivity index (χ4n) is 2.32. The quantitative estimate of drug-likeness (QED) is 0.831. The summed E-state index contributed by atoms with van der Waals surface area (Å²) in [4.78, 5) is 18.7. The molecule has 1 aromatic heterocycles. The molecule has 0 aromatic carbocycles. The van der Waals surface area contributed by atoms with Gasteiger partial charge in [0.05, 0.1) is 0 Å². The molecule has 4 heteroatoms. The van der Waals surface area contributed by atoms with Crippen molar-refractivity contribution in [1.82, 2.24) is 15.2 Å². The molecule has 2 aliphatic rings. The van der Waals surface area contributed by atoms with Crippen LogP contribution >= 0.6 is 0 Å². The van der Waals surface area contributed by atoms with Crippen LogP contribution in [0.3, 0.4) is 0 Å². The molecule has 1 aromatic rings. The molecule has 3 rings (SSSR count). The molecular weight excluding hydrogens is 238 g/mol. The number of hydrogen-bond acceptors (Lipinski definition) is 3. The van der Waals surface area contributed by atoms with E-state index in [2.05, 4.69) is 10.3 Å². The van der Waals surface area contributed by atoms with Gasteiger partial charge in [-0.1, -0.05) is 6.07 Å². The smallest absolute Gasteiger partial charge is 0.250 e. The van der Waals surface area contributed by atoms with Gasteiger partial charge >= 0.3 is 0 Å². The molecule has 0 bridgehead atoms. The Labute approximate surface area is 113 Å². The van der Waals surface area contributed by atoms with E-state index in [4.69, 9.17) is 0 Å². The van der Waals surface area contributed by atoms with Crippen molar-refractivity contribution in [2.45, 2.75) is 32.4 Å². The first-order valence-electron chi connectivity index (χ1n) is 6.85. The predicted molar refractivity (Wildman–Crippen MR) is 73.4 cm³/mol. The van der Waals surface area contributed by atoms with Crippen LogP contribution in [0.5, 0.6) is 0 Å². The summed E-state index contributed by atoms with van der Waals surface area (Å²) >= 11 is 0. The summed E-state index contributed by atoms with van der Waals surface area (Å²) in [6, 6.07) is 4.38. The van der Waals surface area contributed by atoms with E-state index in [1.807, 2.05) is 30.2 Å². The summed E-state index contributed by atoms with van der Waals surface area (Å²) in [7, 11) is 0. The minimum atomic E-state index is 0.197. The Balaban J connectivity index is 1.76. The van der Waals surface area contributed by atoms with Gasteiger partial charge in [-0.05, 0) is 37.0 Å². The average Bonchev–Trinajstić information content (AvgIpc) is 3.18. The van der Waals surface area contributed by atoms with Crippen LogP contribution in [-0.2, 0) is 11.3 Å². The predicted octanol–water partition coefficient (Wildman–Crippen LogP) is 1.49. The minimum Gasteiger partial charge on any atom is -0.332 e. The van der Waals surface area contributed by atoms with E-state index < -0.39 is 0 Å². The molecular formula is C15H19N3O. The summed E-state index contributed by atoms with van der Waals surface area (Å²) in [5.41, 5.74) is 3.28. The van der Waals surface area contributed by atoms with Gasteiger partial charge in [0.15, 0.2) is 0 Å².